The van der Waals surface area contributed by atoms with Crippen LogP contribution in [-0.2, 0) is 110 Å². The van der Waals surface area contributed by atoms with Gasteiger partial charge >= 0.3 is 6.61 Å². The van der Waals surface area contributed by atoms with Gasteiger partial charge in [0.2, 0.25) is 23.6 Å². The first kappa shape index (κ1) is 83.5. The molecule has 0 fully saturated rings. The van der Waals surface area contributed by atoms with Crippen molar-refractivity contribution in [3.05, 3.63) is 259 Å². The minimum Gasteiger partial charge on any atom is -0.496 e. The van der Waals surface area contributed by atoms with E-state index in [-0.39, 0.29) is 67.2 Å². The minimum atomic E-state index is -2.92. The highest BCUT2D eigenvalue weighted by molar-refractivity contribution is 7.11. The van der Waals surface area contributed by atoms with Crippen molar-refractivity contribution in [2.75, 3.05) is 20.2 Å². The van der Waals surface area contributed by atoms with Crippen LogP contribution in [0.25, 0.3) is 67.8 Å². The van der Waals surface area contributed by atoms with Crippen molar-refractivity contribution in [3.63, 3.8) is 0 Å². The van der Waals surface area contributed by atoms with Gasteiger partial charge in [0.1, 0.15) is 95.1 Å². The lowest BCUT2D eigenvalue weighted by Gasteiger charge is -2.20. The molecule has 4 amide bonds. The maximum atomic E-state index is 13.9. The number of carbonyl (C=O) groups is 4. The van der Waals surface area contributed by atoms with Gasteiger partial charge in [-0.25, -0.2) is 33.7 Å². The van der Waals surface area contributed by atoms with Crippen LogP contribution in [0.3, 0.4) is 0 Å². The summed E-state index contributed by atoms with van der Waals surface area (Å²) in [6.45, 7) is 18.5. The minimum absolute atomic E-state index is 0.0139. The monoisotopic (exact) mass is 1670 g/mol. The van der Waals surface area contributed by atoms with Crippen LogP contribution in [0.5, 0.6) is 11.5 Å². The third-order valence-corrected chi connectivity index (χ3v) is 22.4. The molecular formula is C90H90F4N18O9S. The lowest BCUT2D eigenvalue weighted by Crippen LogP contribution is -2.36. The van der Waals surface area contributed by atoms with Crippen LogP contribution in [-0.4, -0.2) is 139 Å². The molecule has 4 aliphatic heterocycles. The molecule has 10 aromatic heterocycles. The number of aromatic nitrogens is 14. The van der Waals surface area contributed by atoms with Crippen molar-refractivity contribution in [1.82, 2.24) is 88.6 Å². The van der Waals surface area contributed by atoms with E-state index in [0.717, 1.165) is 128 Å². The normalized spacial score (nSPS) is 13.2. The van der Waals surface area contributed by atoms with E-state index in [1.54, 1.807) is 97.8 Å². The molecule has 0 atom stereocenters. The second-order valence-corrected chi connectivity index (χ2v) is 31.3. The number of oxazole rings is 3. The topological polar surface area (TPSA) is 288 Å². The van der Waals surface area contributed by atoms with E-state index < -0.39 is 6.61 Å². The Morgan fingerprint density at radius 1 is 0.459 bits per heavy atom. The van der Waals surface area contributed by atoms with Gasteiger partial charge in [-0.1, -0.05) is 93.1 Å². The lowest BCUT2D eigenvalue weighted by atomic mass is 10.1. The van der Waals surface area contributed by atoms with Crippen LogP contribution in [0.15, 0.2) is 165 Å². The molecule has 0 aliphatic carbocycles. The van der Waals surface area contributed by atoms with Crippen molar-refractivity contribution >= 4 is 35.0 Å². The number of aryl methyl sites for hydroxylation is 9. The van der Waals surface area contributed by atoms with Crippen LogP contribution < -0.4 is 9.47 Å². The number of nitrogens with zero attached hydrogens (tertiary/aromatic N) is 18. The molecule has 4 aromatic carbocycles. The van der Waals surface area contributed by atoms with Crippen LogP contribution >= 0.6 is 11.3 Å². The van der Waals surface area contributed by atoms with Gasteiger partial charge in [0.15, 0.2) is 17.7 Å². The number of thiazole rings is 1. The van der Waals surface area contributed by atoms with E-state index in [9.17, 15) is 36.7 Å². The SMILES string of the molecule is CCCc1cc(-c2ccc(F)c(C)n2)nn1CC(=O)N1CCc2nc(C)sc2CC1.CCc1cc(-c2ccc(C)c(F)c2)nn1CC(=O)N1Cc2nc(C)oc2C1.COc1ccc(-c2cc(-c3ccccc3)n(CC(=O)N3Cc4nc(C)oc4C3)n2)cc1C.Cc1nc2c(o1)CN(C(=O)Cn1nc(-c3ccc(OC(F)F)cn3)cc1-c1ccccc1)C2. The first-order valence-corrected chi connectivity index (χ1v) is 41.0. The van der Waals surface area contributed by atoms with Crippen molar-refractivity contribution < 1.29 is 59.5 Å². The standard InChI is InChI=1S/C25H24N4O3.C23H19F2N5O3.C22H26FN5OS.C20H21FN4O2/c1-16-11-19(9-10-23(16)31-3)20-12-22(18-7-5-4-6-8-18)29(27-20)15-25(30)28-13-21-24(14-28)32-17(2)26-21;1-14-27-19-11-29(12-21(19)32-14)22(31)13-30-20(15-5-3-2-4-6-15)9-18(28-30)17-8-7-16(10-26-17)33-23(24)25;1-4-5-16-12-20(18-7-6-17(23)14(2)24-18)26-28(16)13-22(29)27-10-8-19-21(9-11-27)30-15(3)25-19;1-4-15-8-17(14-6-5-12(2)16(21)7-14)23-25(15)11-20(26)24-9-18-19(10-24)27-13(3)22-18/h4-12H,13-15H2,1-3H3;2-10,23H,11-13H2,1H3;6-7,12H,4-5,8-11,13H2,1-3H3;5-8H,4,9-11H2,1-3H3. The van der Waals surface area contributed by atoms with Crippen molar-refractivity contribution in [2.24, 2.45) is 0 Å². The number of benzene rings is 4. The Kier molecular flexibility index (Phi) is 25.1. The molecule has 0 bridgehead atoms. The van der Waals surface area contributed by atoms with E-state index in [2.05, 4.69) is 62.9 Å². The fraction of sp³-hybridized carbons (Fsp3) is 0.311. The predicted octanol–water partition coefficient (Wildman–Crippen LogP) is 15.6. The number of methoxy groups -OCH3 is 1. The molecule has 32 heteroatoms. The van der Waals surface area contributed by atoms with E-state index in [1.165, 1.54) is 29.3 Å². The Morgan fingerprint density at radius 2 is 0.951 bits per heavy atom. The third kappa shape index (κ3) is 19.2. The number of alkyl halides is 2. The summed E-state index contributed by atoms with van der Waals surface area (Å²) in [6.07, 6.45) is 5.38. The van der Waals surface area contributed by atoms with E-state index in [0.29, 0.717) is 121 Å². The first-order valence-electron chi connectivity index (χ1n) is 40.1. The zero-order chi connectivity index (χ0) is 85.6. The number of hydrogen-bond acceptors (Lipinski definition) is 20. The number of fused-ring (bicyclic) bond motifs is 4. The molecule has 4 aliphatic rings. The highest BCUT2D eigenvalue weighted by Crippen LogP contribution is 2.35. The van der Waals surface area contributed by atoms with Crippen LogP contribution in [0.4, 0.5) is 17.6 Å². The Bertz CT molecular complexity index is 6050. The Labute approximate surface area is 704 Å². The number of halogens is 4. The van der Waals surface area contributed by atoms with E-state index >= 15 is 0 Å². The summed E-state index contributed by atoms with van der Waals surface area (Å²) in [4.78, 5) is 86.4. The Balaban J connectivity index is 0.000000127. The Hall–Kier alpha value is -13.5. The summed E-state index contributed by atoms with van der Waals surface area (Å²) >= 11 is 1.73. The summed E-state index contributed by atoms with van der Waals surface area (Å²) in [5, 5.41) is 19.7. The number of pyridine rings is 2. The summed E-state index contributed by atoms with van der Waals surface area (Å²) in [5.74, 6) is 4.18. The fourth-order valence-electron chi connectivity index (χ4n) is 15.1. The number of carbonyl (C=O) groups excluding carboxylic acids is 4. The van der Waals surface area contributed by atoms with Gasteiger partial charge in [-0.2, -0.15) is 29.2 Å². The zero-order valence-electron chi connectivity index (χ0n) is 69.2. The predicted molar refractivity (Wildman–Crippen MR) is 445 cm³/mol. The summed E-state index contributed by atoms with van der Waals surface area (Å²) in [6, 6.07) is 44.3. The molecular weight excluding hydrogens is 1590 g/mol. The van der Waals surface area contributed by atoms with Gasteiger partial charge in [-0.3, -0.25) is 42.9 Å². The Morgan fingerprint density at radius 3 is 1.48 bits per heavy atom. The highest BCUT2D eigenvalue weighted by atomic mass is 32.1. The molecule has 0 saturated carbocycles. The maximum Gasteiger partial charge on any atom is 0.387 e. The van der Waals surface area contributed by atoms with Crippen LogP contribution in [0, 0.1) is 60.1 Å². The number of hydrogen-bond donors (Lipinski definition) is 0. The molecule has 0 saturated heterocycles. The molecule has 18 rings (SSSR count). The fourth-order valence-corrected chi connectivity index (χ4v) is 16.1. The largest absolute Gasteiger partial charge is 0.496 e. The molecule has 0 unspecified atom stereocenters. The van der Waals surface area contributed by atoms with Crippen LogP contribution in [0.2, 0.25) is 0 Å². The van der Waals surface area contributed by atoms with Crippen molar-refractivity contribution in [1.29, 1.82) is 0 Å². The molecule has 0 spiro atoms. The van der Waals surface area contributed by atoms with E-state index in [4.69, 9.17) is 23.1 Å². The molecule has 0 N–H and O–H groups in total. The quantitative estimate of drug-likeness (QED) is 0.0641. The summed E-state index contributed by atoms with van der Waals surface area (Å²) < 4.78 is 85.6. The summed E-state index contributed by atoms with van der Waals surface area (Å²) in [7, 11) is 1.66. The van der Waals surface area contributed by atoms with Gasteiger partial charge in [-0.15, -0.1) is 11.3 Å². The lowest BCUT2D eigenvalue weighted by molar-refractivity contribution is -0.133. The molecule has 14 heterocycles. The third-order valence-electron chi connectivity index (χ3n) is 21.3. The first-order chi connectivity index (χ1) is 58.8. The van der Waals surface area contributed by atoms with Gasteiger partial charge in [-0.05, 0) is 136 Å². The zero-order valence-corrected chi connectivity index (χ0v) is 70.0. The second-order valence-electron chi connectivity index (χ2n) is 30.0. The second kappa shape index (κ2) is 36.6. The van der Waals surface area contributed by atoms with Crippen molar-refractivity contribution in [3.8, 4) is 79.3 Å². The van der Waals surface area contributed by atoms with Crippen molar-refractivity contribution in [2.45, 2.75) is 166 Å². The molecule has 14 aromatic rings. The van der Waals surface area contributed by atoms with Gasteiger partial charge in [0.25, 0.3) is 0 Å². The average molecular weight is 1680 g/mol. The summed E-state index contributed by atoms with van der Waals surface area (Å²) in [5.41, 5.74) is 16.5. The molecule has 27 nitrogen and oxygen atoms in total. The number of ether oxygens (including phenoxy) is 2. The molecule has 0 radical (unpaired) electrons. The molecule has 122 heavy (non-hydrogen) atoms. The molecule has 628 valence electrons. The van der Waals surface area contributed by atoms with Gasteiger partial charge in [0.05, 0.1) is 103 Å². The maximum absolute atomic E-state index is 13.9. The smallest absolute Gasteiger partial charge is 0.387 e. The average Bonchev–Trinajstić information content (AvgIpc) is 1.65. The highest BCUT2D eigenvalue weighted by Gasteiger charge is 2.33. The van der Waals surface area contributed by atoms with E-state index in [1.807, 2.05) is 136 Å². The van der Waals surface area contributed by atoms with Gasteiger partial charge in [0, 0.05) is 74.1 Å². The van der Waals surface area contributed by atoms with Gasteiger partial charge < -0.3 is 42.3 Å². The number of rotatable bonds is 20. The number of amides is 4. The van der Waals surface area contributed by atoms with Crippen LogP contribution in [0.1, 0.15) is 116 Å².